The Balaban J connectivity index is 1.54. The van der Waals surface area contributed by atoms with Gasteiger partial charge in [-0.15, -0.1) is 0 Å². The number of fused-ring (bicyclic) bond motifs is 1. The van der Waals surface area contributed by atoms with E-state index in [1.54, 1.807) is 35.1 Å². The topological polar surface area (TPSA) is 98.9 Å². The highest BCUT2D eigenvalue weighted by Gasteiger charge is 2.21. The summed E-state index contributed by atoms with van der Waals surface area (Å²) in [5.41, 5.74) is 4.10. The Morgan fingerprint density at radius 1 is 1.09 bits per heavy atom. The molecule has 1 aliphatic rings. The smallest absolute Gasteiger partial charge is 0.333 e. The van der Waals surface area contributed by atoms with Crippen LogP contribution < -0.4 is 5.32 Å². The van der Waals surface area contributed by atoms with E-state index in [1.807, 2.05) is 31.2 Å². The van der Waals surface area contributed by atoms with Gasteiger partial charge in [-0.25, -0.2) is 17.9 Å². The molecule has 2 aromatic carbocycles. The lowest BCUT2D eigenvalue weighted by molar-refractivity contribution is 0.236. The van der Waals surface area contributed by atoms with Gasteiger partial charge in [0.25, 0.3) is 0 Å². The first-order valence-corrected chi connectivity index (χ1v) is 13.4. The summed E-state index contributed by atoms with van der Waals surface area (Å²) in [7, 11) is -3.27. The fraction of sp³-hybridized carbons (Fsp3) is 0.320. The first-order chi connectivity index (χ1) is 16.3. The summed E-state index contributed by atoms with van der Waals surface area (Å²) in [5.74, 6) is 0. The van der Waals surface area contributed by atoms with Crippen molar-refractivity contribution in [2.75, 3.05) is 6.26 Å². The molecule has 4 aromatic rings. The second kappa shape index (κ2) is 8.72. The minimum Gasteiger partial charge on any atom is -0.333 e. The van der Waals surface area contributed by atoms with Gasteiger partial charge in [0.2, 0.25) is 0 Å². The first-order valence-electron chi connectivity index (χ1n) is 11.5. The predicted molar refractivity (Wildman–Crippen MR) is 131 cm³/mol. The van der Waals surface area contributed by atoms with Crippen molar-refractivity contribution in [3.05, 3.63) is 60.4 Å². The molecule has 0 bridgehead atoms. The highest BCUT2D eigenvalue weighted by molar-refractivity contribution is 7.90. The van der Waals surface area contributed by atoms with Crippen molar-refractivity contribution in [3.63, 3.8) is 0 Å². The Morgan fingerprint density at radius 2 is 1.82 bits per heavy atom. The SMILES string of the molecule is CCc1nn(C(=O)NC2CCCC2)c2cc(-c3ccnn3-c3ccc(S(C)(=O)=O)cc3)ccc12. The molecule has 0 radical (unpaired) electrons. The maximum Gasteiger partial charge on any atom is 0.342 e. The molecule has 8 nitrogen and oxygen atoms in total. The number of hydrogen-bond donors (Lipinski definition) is 1. The molecule has 1 amide bonds. The third kappa shape index (κ3) is 4.11. The summed E-state index contributed by atoms with van der Waals surface area (Å²) >= 11 is 0. The number of hydrogen-bond acceptors (Lipinski definition) is 5. The molecule has 176 valence electrons. The summed E-state index contributed by atoms with van der Waals surface area (Å²) in [6.45, 7) is 2.03. The Morgan fingerprint density at radius 3 is 2.50 bits per heavy atom. The molecule has 5 rings (SSSR count). The minimum absolute atomic E-state index is 0.196. The molecule has 34 heavy (non-hydrogen) atoms. The summed E-state index contributed by atoms with van der Waals surface area (Å²) in [6.07, 6.45) is 7.92. The van der Waals surface area contributed by atoms with Crippen molar-refractivity contribution in [1.29, 1.82) is 0 Å². The van der Waals surface area contributed by atoms with Crippen molar-refractivity contribution in [2.45, 2.75) is 50.0 Å². The van der Waals surface area contributed by atoms with Gasteiger partial charge in [0.1, 0.15) is 0 Å². The molecule has 0 saturated heterocycles. The van der Waals surface area contributed by atoms with E-state index in [0.717, 1.165) is 65.6 Å². The van der Waals surface area contributed by atoms with Crippen LogP contribution in [-0.4, -0.2) is 46.3 Å². The third-order valence-corrected chi connectivity index (χ3v) is 7.54. The van der Waals surface area contributed by atoms with E-state index in [2.05, 4.69) is 15.5 Å². The normalized spacial score (nSPS) is 14.6. The molecule has 1 N–H and O–H groups in total. The molecule has 9 heteroatoms. The van der Waals surface area contributed by atoms with Gasteiger partial charge in [0.05, 0.1) is 33.7 Å². The van der Waals surface area contributed by atoms with Crippen molar-refractivity contribution >= 4 is 26.8 Å². The highest BCUT2D eigenvalue weighted by atomic mass is 32.2. The molecule has 1 saturated carbocycles. The van der Waals surface area contributed by atoms with E-state index >= 15 is 0 Å². The third-order valence-electron chi connectivity index (χ3n) is 6.42. The van der Waals surface area contributed by atoms with Crippen molar-refractivity contribution < 1.29 is 13.2 Å². The van der Waals surface area contributed by atoms with Crippen LogP contribution in [0.2, 0.25) is 0 Å². The number of sulfone groups is 1. The van der Waals surface area contributed by atoms with Crippen LogP contribution in [0.1, 0.15) is 38.3 Å². The quantitative estimate of drug-likeness (QED) is 0.461. The summed E-state index contributed by atoms with van der Waals surface area (Å²) in [5, 5.41) is 13.1. The van der Waals surface area contributed by atoms with Gasteiger partial charge in [-0.2, -0.15) is 14.9 Å². The van der Waals surface area contributed by atoms with Crippen LogP contribution in [0, 0.1) is 0 Å². The molecule has 0 atom stereocenters. The number of carbonyl (C=O) groups is 1. The van der Waals surface area contributed by atoms with Gasteiger partial charge in [0, 0.05) is 23.2 Å². The first kappa shape index (κ1) is 22.3. The van der Waals surface area contributed by atoms with Gasteiger partial charge < -0.3 is 5.32 Å². The minimum atomic E-state index is -3.27. The Bertz CT molecular complexity index is 1460. The maximum atomic E-state index is 13.1. The van der Waals surface area contributed by atoms with Crippen LogP contribution in [0.5, 0.6) is 0 Å². The van der Waals surface area contributed by atoms with Crippen LogP contribution in [0.15, 0.2) is 59.6 Å². The van der Waals surface area contributed by atoms with Crippen LogP contribution >= 0.6 is 0 Å². The number of aromatic nitrogens is 4. The van der Waals surface area contributed by atoms with Crippen molar-refractivity contribution in [1.82, 2.24) is 24.9 Å². The number of nitrogens with zero attached hydrogens (tertiary/aromatic N) is 4. The van der Waals surface area contributed by atoms with Gasteiger partial charge in [-0.05, 0) is 55.7 Å². The Kier molecular flexibility index (Phi) is 5.73. The Labute approximate surface area is 198 Å². The molecule has 2 heterocycles. The van der Waals surface area contributed by atoms with Gasteiger partial charge >= 0.3 is 6.03 Å². The van der Waals surface area contributed by atoms with Crippen molar-refractivity contribution in [2.24, 2.45) is 0 Å². The highest BCUT2D eigenvalue weighted by Crippen LogP contribution is 2.29. The maximum absolute atomic E-state index is 13.1. The lowest BCUT2D eigenvalue weighted by atomic mass is 10.1. The molecule has 0 unspecified atom stereocenters. The number of aryl methyl sites for hydroxylation is 1. The molecule has 2 aromatic heterocycles. The fourth-order valence-corrected chi connectivity index (χ4v) is 5.25. The lowest BCUT2D eigenvalue weighted by Crippen LogP contribution is -2.36. The van der Waals surface area contributed by atoms with E-state index < -0.39 is 9.84 Å². The molecular weight excluding hydrogens is 450 g/mol. The summed E-state index contributed by atoms with van der Waals surface area (Å²) in [4.78, 5) is 13.3. The zero-order valence-electron chi connectivity index (χ0n) is 19.2. The summed E-state index contributed by atoms with van der Waals surface area (Å²) < 4.78 is 26.8. The van der Waals surface area contributed by atoms with Crippen LogP contribution in [-0.2, 0) is 16.3 Å². The number of benzene rings is 2. The van der Waals surface area contributed by atoms with E-state index in [-0.39, 0.29) is 17.0 Å². The number of amides is 1. The van der Waals surface area contributed by atoms with Gasteiger partial charge in [-0.1, -0.05) is 31.9 Å². The molecule has 0 aliphatic heterocycles. The Hall–Kier alpha value is -3.46. The lowest BCUT2D eigenvalue weighted by Gasteiger charge is -2.12. The number of rotatable bonds is 5. The average molecular weight is 478 g/mol. The average Bonchev–Trinajstić information content (AvgIpc) is 3.57. The molecule has 1 aliphatic carbocycles. The van der Waals surface area contributed by atoms with E-state index in [9.17, 15) is 13.2 Å². The zero-order valence-corrected chi connectivity index (χ0v) is 20.0. The largest absolute Gasteiger partial charge is 0.342 e. The van der Waals surface area contributed by atoms with Crippen molar-refractivity contribution in [3.8, 4) is 16.9 Å². The standard InChI is InChI=1S/C25H27N5O3S/c1-3-22-21-13-8-17(16-24(21)30(28-22)25(31)27-18-6-4-5-7-18)23-14-15-26-29(23)19-9-11-20(12-10-19)34(2,32)33/h8-16,18H,3-7H2,1-2H3,(H,27,31). The molecule has 0 spiro atoms. The predicted octanol–water partition coefficient (Wildman–Crippen LogP) is 4.36. The fourth-order valence-electron chi connectivity index (χ4n) is 4.62. The number of carbonyl (C=O) groups excluding carboxylic acids is 1. The van der Waals surface area contributed by atoms with E-state index in [4.69, 9.17) is 0 Å². The number of nitrogens with one attached hydrogen (secondary N) is 1. The second-order valence-electron chi connectivity index (χ2n) is 8.77. The van der Waals surface area contributed by atoms with Gasteiger partial charge in [0.15, 0.2) is 9.84 Å². The zero-order chi connectivity index (χ0) is 23.9. The monoisotopic (exact) mass is 477 g/mol. The van der Waals surface area contributed by atoms with E-state index in [0.29, 0.717) is 0 Å². The van der Waals surface area contributed by atoms with Crippen LogP contribution in [0.4, 0.5) is 4.79 Å². The van der Waals surface area contributed by atoms with E-state index in [1.165, 1.54) is 10.9 Å². The molecule has 1 fully saturated rings. The second-order valence-corrected chi connectivity index (χ2v) is 10.8. The van der Waals surface area contributed by atoms with Gasteiger partial charge in [-0.3, -0.25) is 0 Å². The van der Waals surface area contributed by atoms with Crippen LogP contribution in [0.25, 0.3) is 27.8 Å². The molecular formula is C25H27N5O3S. The van der Waals surface area contributed by atoms with Crippen LogP contribution in [0.3, 0.4) is 0 Å². The summed E-state index contributed by atoms with van der Waals surface area (Å²) in [6, 6.07) is 14.5.